The standard InChI is InChI=1S/C12H16N2O.ClH/c1-14(2)9-11-8-12(13-15-11)10-6-4-3-5-7-10;/h3-7,11H,8-9H2,1-2H3;1H. The molecule has 0 aliphatic carbocycles. The third-order valence-corrected chi connectivity index (χ3v) is 2.41. The fourth-order valence-electron chi connectivity index (χ4n) is 1.73. The maximum absolute atomic E-state index is 5.38. The number of benzene rings is 1. The largest absolute Gasteiger partial charge is 0.390 e. The van der Waals surface area contributed by atoms with Crippen molar-refractivity contribution in [3.05, 3.63) is 35.9 Å². The Morgan fingerprint density at radius 1 is 1.31 bits per heavy atom. The molecule has 1 aromatic rings. The second-order valence-electron chi connectivity index (χ2n) is 4.10. The Morgan fingerprint density at radius 3 is 2.62 bits per heavy atom. The zero-order chi connectivity index (χ0) is 10.7. The van der Waals surface area contributed by atoms with E-state index in [4.69, 9.17) is 4.84 Å². The summed E-state index contributed by atoms with van der Waals surface area (Å²) < 4.78 is 0. The molecule has 0 saturated heterocycles. The molecule has 0 fully saturated rings. The Kier molecular flexibility index (Phi) is 4.77. The maximum atomic E-state index is 5.38. The number of oxime groups is 1. The number of likely N-dealkylation sites (N-methyl/N-ethyl adjacent to an activating group) is 1. The summed E-state index contributed by atoms with van der Waals surface area (Å²) in [6, 6.07) is 10.2. The molecule has 0 amide bonds. The summed E-state index contributed by atoms with van der Waals surface area (Å²) in [7, 11) is 4.09. The molecule has 2 rings (SSSR count). The molecule has 1 atom stereocenters. The van der Waals surface area contributed by atoms with Crippen LogP contribution in [0.25, 0.3) is 0 Å². The first-order valence-corrected chi connectivity index (χ1v) is 5.18. The van der Waals surface area contributed by atoms with Crippen molar-refractivity contribution in [2.24, 2.45) is 5.16 Å². The lowest BCUT2D eigenvalue weighted by molar-refractivity contribution is 0.0650. The average molecular weight is 241 g/mol. The summed E-state index contributed by atoms with van der Waals surface area (Å²) >= 11 is 0. The predicted octanol–water partition coefficient (Wildman–Crippen LogP) is 2.16. The van der Waals surface area contributed by atoms with Crippen LogP contribution < -0.4 is 0 Å². The molecule has 0 bridgehead atoms. The summed E-state index contributed by atoms with van der Waals surface area (Å²) in [5, 5.41) is 4.13. The quantitative estimate of drug-likeness (QED) is 0.809. The third kappa shape index (κ3) is 3.22. The van der Waals surface area contributed by atoms with E-state index in [1.54, 1.807) is 0 Å². The molecule has 0 N–H and O–H groups in total. The Hall–Kier alpha value is -1.06. The van der Waals surface area contributed by atoms with Crippen LogP contribution in [0.4, 0.5) is 0 Å². The van der Waals surface area contributed by atoms with Gasteiger partial charge in [-0.3, -0.25) is 0 Å². The summed E-state index contributed by atoms with van der Waals surface area (Å²) in [5.41, 5.74) is 2.22. The zero-order valence-corrected chi connectivity index (χ0v) is 10.4. The van der Waals surface area contributed by atoms with Gasteiger partial charge in [-0.15, -0.1) is 12.4 Å². The first-order chi connectivity index (χ1) is 7.25. The molecule has 16 heavy (non-hydrogen) atoms. The molecule has 1 heterocycles. The van der Waals surface area contributed by atoms with Crippen LogP contribution in [0.1, 0.15) is 12.0 Å². The molecule has 1 unspecified atom stereocenters. The van der Waals surface area contributed by atoms with Crippen molar-refractivity contribution in [1.29, 1.82) is 0 Å². The molecule has 1 aliphatic rings. The topological polar surface area (TPSA) is 24.8 Å². The summed E-state index contributed by atoms with van der Waals surface area (Å²) in [4.78, 5) is 7.50. The highest BCUT2D eigenvalue weighted by atomic mass is 35.5. The Labute approximate surface area is 102 Å². The number of rotatable bonds is 3. The van der Waals surface area contributed by atoms with E-state index in [1.807, 2.05) is 32.3 Å². The van der Waals surface area contributed by atoms with Gasteiger partial charge in [-0.05, 0) is 19.7 Å². The van der Waals surface area contributed by atoms with Crippen molar-refractivity contribution in [2.45, 2.75) is 12.5 Å². The van der Waals surface area contributed by atoms with Gasteiger partial charge in [0.05, 0.1) is 5.71 Å². The van der Waals surface area contributed by atoms with Gasteiger partial charge in [0.2, 0.25) is 0 Å². The first-order valence-electron chi connectivity index (χ1n) is 5.18. The highest BCUT2D eigenvalue weighted by molar-refractivity contribution is 6.01. The van der Waals surface area contributed by atoms with Gasteiger partial charge in [0.25, 0.3) is 0 Å². The molecule has 4 heteroatoms. The Morgan fingerprint density at radius 2 is 2.00 bits per heavy atom. The van der Waals surface area contributed by atoms with Gasteiger partial charge >= 0.3 is 0 Å². The summed E-state index contributed by atoms with van der Waals surface area (Å²) in [5.74, 6) is 0. The smallest absolute Gasteiger partial charge is 0.145 e. The maximum Gasteiger partial charge on any atom is 0.145 e. The third-order valence-electron chi connectivity index (χ3n) is 2.41. The van der Waals surface area contributed by atoms with Gasteiger partial charge in [-0.25, -0.2) is 0 Å². The van der Waals surface area contributed by atoms with E-state index >= 15 is 0 Å². The van der Waals surface area contributed by atoms with E-state index in [2.05, 4.69) is 22.2 Å². The highest BCUT2D eigenvalue weighted by Crippen LogP contribution is 2.16. The minimum absolute atomic E-state index is 0. The van der Waals surface area contributed by atoms with E-state index in [0.29, 0.717) is 0 Å². The van der Waals surface area contributed by atoms with Crippen molar-refractivity contribution in [3.63, 3.8) is 0 Å². The number of hydrogen-bond acceptors (Lipinski definition) is 3. The summed E-state index contributed by atoms with van der Waals surface area (Å²) in [6.07, 6.45) is 1.11. The first kappa shape index (κ1) is 13.0. The molecule has 1 aromatic carbocycles. The minimum Gasteiger partial charge on any atom is -0.390 e. The molecular formula is C12H17ClN2O. The van der Waals surface area contributed by atoms with E-state index in [9.17, 15) is 0 Å². The molecule has 1 aliphatic heterocycles. The van der Waals surface area contributed by atoms with Gasteiger partial charge in [-0.1, -0.05) is 35.5 Å². The molecule has 0 saturated carbocycles. The van der Waals surface area contributed by atoms with Gasteiger partial charge < -0.3 is 9.74 Å². The van der Waals surface area contributed by atoms with Gasteiger partial charge in [-0.2, -0.15) is 0 Å². The van der Waals surface area contributed by atoms with Crippen molar-refractivity contribution in [2.75, 3.05) is 20.6 Å². The lowest BCUT2D eigenvalue weighted by Crippen LogP contribution is -2.26. The molecule has 0 aromatic heterocycles. The van der Waals surface area contributed by atoms with Crippen LogP contribution >= 0.6 is 12.4 Å². The van der Waals surface area contributed by atoms with E-state index in [0.717, 1.165) is 18.7 Å². The molecule has 0 spiro atoms. The van der Waals surface area contributed by atoms with Crippen molar-refractivity contribution in [1.82, 2.24) is 4.90 Å². The number of hydrogen-bond donors (Lipinski definition) is 0. The Bertz CT molecular complexity index is 351. The van der Waals surface area contributed by atoms with Crippen molar-refractivity contribution >= 4 is 18.1 Å². The van der Waals surface area contributed by atoms with Gasteiger partial charge in [0.15, 0.2) is 0 Å². The number of halogens is 1. The highest BCUT2D eigenvalue weighted by Gasteiger charge is 2.22. The van der Waals surface area contributed by atoms with Crippen LogP contribution in [0, 0.1) is 0 Å². The fraction of sp³-hybridized carbons (Fsp3) is 0.417. The van der Waals surface area contributed by atoms with Crippen LogP contribution in [-0.4, -0.2) is 37.4 Å². The lowest BCUT2D eigenvalue weighted by atomic mass is 10.1. The van der Waals surface area contributed by atoms with Gasteiger partial charge in [0.1, 0.15) is 6.10 Å². The van der Waals surface area contributed by atoms with Crippen LogP contribution in [0.2, 0.25) is 0 Å². The zero-order valence-electron chi connectivity index (χ0n) is 9.59. The SMILES string of the molecule is CN(C)CC1CC(c2ccccc2)=NO1.Cl. The van der Waals surface area contributed by atoms with Crippen LogP contribution in [0.5, 0.6) is 0 Å². The summed E-state index contributed by atoms with van der Waals surface area (Å²) in [6.45, 7) is 0.917. The van der Waals surface area contributed by atoms with Crippen molar-refractivity contribution < 1.29 is 4.84 Å². The van der Waals surface area contributed by atoms with E-state index in [1.165, 1.54) is 5.56 Å². The second-order valence-corrected chi connectivity index (χ2v) is 4.10. The number of nitrogens with zero attached hydrogens (tertiary/aromatic N) is 2. The lowest BCUT2D eigenvalue weighted by Gasteiger charge is -2.13. The van der Waals surface area contributed by atoms with Crippen LogP contribution in [0.3, 0.4) is 0 Å². The van der Waals surface area contributed by atoms with Crippen LogP contribution in [-0.2, 0) is 4.84 Å². The minimum atomic E-state index is 0. The van der Waals surface area contributed by atoms with Gasteiger partial charge in [0, 0.05) is 13.0 Å². The molecular weight excluding hydrogens is 224 g/mol. The normalized spacial score (nSPS) is 18.9. The van der Waals surface area contributed by atoms with E-state index < -0.39 is 0 Å². The molecule has 0 radical (unpaired) electrons. The van der Waals surface area contributed by atoms with Crippen LogP contribution in [0.15, 0.2) is 35.5 Å². The monoisotopic (exact) mass is 240 g/mol. The molecule has 3 nitrogen and oxygen atoms in total. The predicted molar refractivity (Wildman–Crippen MR) is 68.3 cm³/mol. The second kappa shape index (κ2) is 5.87. The fourth-order valence-corrected chi connectivity index (χ4v) is 1.73. The average Bonchev–Trinajstić information content (AvgIpc) is 2.67. The van der Waals surface area contributed by atoms with E-state index in [-0.39, 0.29) is 18.5 Å². The molecule has 88 valence electrons. The van der Waals surface area contributed by atoms with Crippen molar-refractivity contribution in [3.8, 4) is 0 Å². The Balaban J connectivity index is 0.00000128.